The van der Waals surface area contributed by atoms with Crippen LogP contribution in [-0.4, -0.2) is 12.7 Å². The maximum Gasteiger partial charge on any atom is 0.408 e. The molecule has 0 bridgehead atoms. The van der Waals surface area contributed by atoms with Crippen molar-refractivity contribution in [3.05, 3.63) is 35.9 Å². The van der Waals surface area contributed by atoms with Gasteiger partial charge in [-0.2, -0.15) is 0 Å². The SMILES string of the molecule is C#CC(NC(=O)OCC)c1ccccc1. The Kier molecular flexibility index (Phi) is 4.24. The van der Waals surface area contributed by atoms with E-state index >= 15 is 0 Å². The number of hydrogen-bond donors (Lipinski definition) is 1. The summed E-state index contributed by atoms with van der Waals surface area (Å²) in [5, 5.41) is 2.59. The zero-order valence-electron chi connectivity index (χ0n) is 8.57. The van der Waals surface area contributed by atoms with Crippen molar-refractivity contribution in [1.29, 1.82) is 0 Å². The molecule has 1 rings (SSSR count). The van der Waals surface area contributed by atoms with E-state index in [1.54, 1.807) is 6.92 Å². The first-order chi connectivity index (χ1) is 7.27. The number of rotatable bonds is 3. The fourth-order valence-electron chi connectivity index (χ4n) is 1.16. The third kappa shape index (κ3) is 3.35. The summed E-state index contributed by atoms with van der Waals surface area (Å²) in [5.74, 6) is 2.50. The molecule has 1 amide bonds. The lowest BCUT2D eigenvalue weighted by molar-refractivity contribution is 0.150. The van der Waals surface area contributed by atoms with Crippen LogP contribution >= 0.6 is 0 Å². The molecule has 0 saturated heterocycles. The molecule has 1 N–H and O–H groups in total. The van der Waals surface area contributed by atoms with E-state index in [1.807, 2.05) is 30.3 Å². The molecule has 1 unspecified atom stereocenters. The average Bonchev–Trinajstić information content (AvgIpc) is 2.27. The molecule has 3 heteroatoms. The number of nitrogens with one attached hydrogen (secondary N) is 1. The van der Waals surface area contributed by atoms with E-state index in [1.165, 1.54) is 0 Å². The number of amides is 1. The topological polar surface area (TPSA) is 38.3 Å². The molecule has 0 spiro atoms. The molecule has 3 nitrogen and oxygen atoms in total. The van der Waals surface area contributed by atoms with Crippen LogP contribution < -0.4 is 5.32 Å². The zero-order chi connectivity index (χ0) is 11.1. The molecule has 0 radical (unpaired) electrons. The van der Waals surface area contributed by atoms with Gasteiger partial charge in [-0.25, -0.2) is 4.79 Å². The second kappa shape index (κ2) is 5.71. The predicted molar refractivity (Wildman–Crippen MR) is 58.2 cm³/mol. The Hall–Kier alpha value is -1.95. The van der Waals surface area contributed by atoms with Crippen LogP contribution in [0.4, 0.5) is 4.79 Å². The molecule has 0 aliphatic carbocycles. The van der Waals surface area contributed by atoms with Gasteiger partial charge in [0.25, 0.3) is 0 Å². The predicted octanol–water partition coefficient (Wildman–Crippen LogP) is 2.11. The van der Waals surface area contributed by atoms with E-state index < -0.39 is 12.1 Å². The number of carbonyl (C=O) groups is 1. The van der Waals surface area contributed by atoms with E-state index in [4.69, 9.17) is 11.2 Å². The number of benzene rings is 1. The molecule has 78 valence electrons. The highest BCUT2D eigenvalue weighted by Crippen LogP contribution is 2.10. The molecule has 0 aliphatic rings. The fraction of sp³-hybridized carbons (Fsp3) is 0.250. The van der Waals surface area contributed by atoms with Gasteiger partial charge in [0, 0.05) is 0 Å². The van der Waals surface area contributed by atoms with Crippen LogP contribution in [0.3, 0.4) is 0 Å². The number of ether oxygens (including phenoxy) is 1. The van der Waals surface area contributed by atoms with Crippen LogP contribution in [0.25, 0.3) is 0 Å². The van der Waals surface area contributed by atoms with Crippen molar-refractivity contribution >= 4 is 6.09 Å². The van der Waals surface area contributed by atoms with Crippen molar-refractivity contribution < 1.29 is 9.53 Å². The van der Waals surface area contributed by atoms with Crippen LogP contribution in [0, 0.1) is 12.3 Å². The Morgan fingerprint density at radius 3 is 2.73 bits per heavy atom. The lowest BCUT2D eigenvalue weighted by Crippen LogP contribution is -2.28. The second-order valence-corrected chi connectivity index (χ2v) is 2.88. The summed E-state index contributed by atoms with van der Waals surface area (Å²) in [6.07, 6.45) is 4.83. The van der Waals surface area contributed by atoms with E-state index in [-0.39, 0.29) is 0 Å². The number of carbonyl (C=O) groups excluding carboxylic acids is 1. The zero-order valence-corrected chi connectivity index (χ0v) is 8.57. The molecule has 1 aromatic rings. The summed E-state index contributed by atoms with van der Waals surface area (Å²) in [4.78, 5) is 11.2. The Morgan fingerprint density at radius 1 is 1.53 bits per heavy atom. The van der Waals surface area contributed by atoms with Gasteiger partial charge >= 0.3 is 6.09 Å². The summed E-state index contributed by atoms with van der Waals surface area (Å²) < 4.78 is 4.75. The first kappa shape index (κ1) is 11.1. The lowest BCUT2D eigenvalue weighted by atomic mass is 10.1. The third-order valence-electron chi connectivity index (χ3n) is 1.84. The minimum Gasteiger partial charge on any atom is -0.450 e. The monoisotopic (exact) mass is 203 g/mol. The average molecular weight is 203 g/mol. The Morgan fingerprint density at radius 2 is 2.20 bits per heavy atom. The van der Waals surface area contributed by atoms with Crippen LogP contribution in [0.5, 0.6) is 0 Å². The van der Waals surface area contributed by atoms with Gasteiger partial charge in [-0.1, -0.05) is 36.3 Å². The van der Waals surface area contributed by atoms with Crippen molar-refractivity contribution in [2.45, 2.75) is 13.0 Å². The maximum atomic E-state index is 11.2. The van der Waals surface area contributed by atoms with Crippen molar-refractivity contribution in [2.75, 3.05) is 6.61 Å². The first-order valence-corrected chi connectivity index (χ1v) is 4.72. The molecule has 0 heterocycles. The van der Waals surface area contributed by atoms with E-state index in [0.717, 1.165) is 5.56 Å². The van der Waals surface area contributed by atoms with Gasteiger partial charge in [-0.15, -0.1) is 6.42 Å². The molecule has 0 saturated carbocycles. The van der Waals surface area contributed by atoms with Gasteiger partial charge in [0.1, 0.15) is 6.04 Å². The van der Waals surface area contributed by atoms with Gasteiger partial charge in [-0.05, 0) is 12.5 Å². The Bertz CT molecular complexity index is 354. The van der Waals surface area contributed by atoms with Crippen molar-refractivity contribution in [1.82, 2.24) is 5.32 Å². The van der Waals surface area contributed by atoms with Crippen LogP contribution in [0.15, 0.2) is 30.3 Å². The van der Waals surface area contributed by atoms with Crippen molar-refractivity contribution in [3.8, 4) is 12.3 Å². The van der Waals surface area contributed by atoms with Crippen LogP contribution in [0.2, 0.25) is 0 Å². The quantitative estimate of drug-likeness (QED) is 0.764. The van der Waals surface area contributed by atoms with E-state index in [9.17, 15) is 4.79 Å². The second-order valence-electron chi connectivity index (χ2n) is 2.88. The molecular weight excluding hydrogens is 190 g/mol. The smallest absolute Gasteiger partial charge is 0.408 e. The van der Waals surface area contributed by atoms with Gasteiger partial charge in [0.2, 0.25) is 0 Å². The highest BCUT2D eigenvalue weighted by Gasteiger charge is 2.11. The minimum absolute atomic E-state index is 0.331. The molecule has 0 aromatic heterocycles. The van der Waals surface area contributed by atoms with Crippen molar-refractivity contribution in [3.63, 3.8) is 0 Å². The molecule has 15 heavy (non-hydrogen) atoms. The van der Waals surface area contributed by atoms with E-state index in [0.29, 0.717) is 6.61 Å². The van der Waals surface area contributed by atoms with Crippen LogP contribution in [-0.2, 0) is 4.74 Å². The first-order valence-electron chi connectivity index (χ1n) is 4.72. The van der Waals surface area contributed by atoms with Gasteiger partial charge < -0.3 is 10.1 Å². The Labute approximate surface area is 89.4 Å². The van der Waals surface area contributed by atoms with E-state index in [2.05, 4.69) is 11.2 Å². The maximum absolute atomic E-state index is 11.2. The fourth-order valence-corrected chi connectivity index (χ4v) is 1.16. The molecular formula is C12H13NO2. The third-order valence-corrected chi connectivity index (χ3v) is 1.84. The number of hydrogen-bond acceptors (Lipinski definition) is 2. The van der Waals surface area contributed by atoms with Gasteiger partial charge in [0.15, 0.2) is 0 Å². The lowest BCUT2D eigenvalue weighted by Gasteiger charge is -2.12. The molecule has 1 aromatic carbocycles. The summed E-state index contributed by atoms with van der Waals surface area (Å²) in [5.41, 5.74) is 0.869. The number of terminal acetylenes is 1. The summed E-state index contributed by atoms with van der Waals surface area (Å²) >= 11 is 0. The minimum atomic E-state index is -0.496. The summed E-state index contributed by atoms with van der Waals surface area (Å²) in [7, 11) is 0. The molecule has 1 atom stereocenters. The summed E-state index contributed by atoms with van der Waals surface area (Å²) in [6.45, 7) is 2.07. The Balaban J connectivity index is 2.66. The van der Waals surface area contributed by atoms with Crippen molar-refractivity contribution in [2.24, 2.45) is 0 Å². The summed E-state index contributed by atoms with van der Waals surface area (Å²) in [6, 6.07) is 8.90. The van der Waals surface area contributed by atoms with Gasteiger partial charge in [-0.3, -0.25) is 0 Å². The normalized spacial score (nSPS) is 11.2. The molecule has 0 fully saturated rings. The number of alkyl carbamates (subject to hydrolysis) is 1. The highest BCUT2D eigenvalue weighted by atomic mass is 16.5. The molecule has 0 aliphatic heterocycles. The van der Waals surface area contributed by atoms with Crippen LogP contribution in [0.1, 0.15) is 18.5 Å². The standard InChI is InChI=1S/C12H13NO2/c1-3-11(13-12(14)15-4-2)10-8-6-5-7-9-10/h1,5-9,11H,4H2,2H3,(H,13,14). The highest BCUT2D eigenvalue weighted by molar-refractivity contribution is 5.68. The van der Waals surface area contributed by atoms with Gasteiger partial charge in [0.05, 0.1) is 6.61 Å². The largest absolute Gasteiger partial charge is 0.450 e.